The van der Waals surface area contributed by atoms with E-state index in [2.05, 4.69) is 26.2 Å². The molecule has 3 aliphatic rings. The van der Waals surface area contributed by atoms with Crippen molar-refractivity contribution < 1.29 is 51.7 Å². The lowest BCUT2D eigenvalue weighted by atomic mass is 10.0. The van der Waals surface area contributed by atoms with Crippen LogP contribution in [0.4, 0.5) is 35.0 Å². The van der Waals surface area contributed by atoms with E-state index in [9.17, 15) is 42.3 Å². The van der Waals surface area contributed by atoms with E-state index in [1.54, 1.807) is 38.1 Å². The van der Waals surface area contributed by atoms with Crippen LogP contribution in [0.2, 0.25) is 0 Å². The number of amides is 5. The molecule has 0 saturated carbocycles. The second-order valence-corrected chi connectivity index (χ2v) is 17.5. The average Bonchev–Trinajstić information content (AvgIpc) is 4.08. The van der Waals surface area contributed by atoms with Gasteiger partial charge in [0.25, 0.3) is 0 Å². The minimum absolute atomic E-state index is 0.209. The Morgan fingerprint density at radius 2 is 1.17 bits per heavy atom. The summed E-state index contributed by atoms with van der Waals surface area (Å²) in [6.45, 7) is 7.96. The average molecular weight is 908 g/mol. The molecule has 7 atom stereocenters. The van der Waals surface area contributed by atoms with Gasteiger partial charge in [0.2, 0.25) is 30.0 Å². The number of alkyl carbamates (subject to hydrolysis) is 1. The third-order valence-electron chi connectivity index (χ3n) is 12.5. The molecule has 18 heteroatoms. The largest absolute Gasteiger partial charge is 0.453 e. The van der Waals surface area contributed by atoms with Gasteiger partial charge in [-0.3, -0.25) is 24.5 Å². The molecular formula is C47H60F3N7O8. The molecule has 0 radical (unpaired) electrons. The van der Waals surface area contributed by atoms with Crippen molar-refractivity contribution in [3.05, 3.63) is 89.5 Å². The number of rotatable bonds is 15. The second kappa shape index (κ2) is 21.1. The van der Waals surface area contributed by atoms with Crippen molar-refractivity contribution in [1.29, 1.82) is 0 Å². The number of methoxy groups -OCH3 is 2. The highest BCUT2D eigenvalue weighted by atomic mass is 19.4. The molecule has 5 N–H and O–H groups in total. The molecule has 0 aromatic heterocycles. The molecule has 3 aliphatic heterocycles. The Bertz CT molecular complexity index is 2170. The summed E-state index contributed by atoms with van der Waals surface area (Å²) in [7, 11) is 2.52. The van der Waals surface area contributed by atoms with Crippen LogP contribution in [0.5, 0.6) is 0 Å². The number of anilines is 3. The maximum absolute atomic E-state index is 13.8. The van der Waals surface area contributed by atoms with Crippen LogP contribution in [-0.2, 0) is 34.8 Å². The Balaban J connectivity index is 1.23. The number of alkyl halides is 3. The van der Waals surface area contributed by atoms with E-state index in [4.69, 9.17) is 9.47 Å². The number of benzene rings is 3. The van der Waals surface area contributed by atoms with Crippen molar-refractivity contribution in [2.75, 3.05) is 42.8 Å². The number of aliphatic hydroxyl groups excluding tert-OH is 1. The first-order valence-corrected chi connectivity index (χ1v) is 22.1. The number of ether oxygens (including phenoxy) is 2. The fraction of sp³-hybridized carbons (Fsp3) is 0.511. The van der Waals surface area contributed by atoms with E-state index in [1.165, 1.54) is 36.2 Å². The van der Waals surface area contributed by atoms with Crippen LogP contribution < -0.4 is 26.2 Å². The molecule has 1 unspecified atom stereocenters. The number of nitrogens with zero attached hydrogens (tertiary/aromatic N) is 3. The summed E-state index contributed by atoms with van der Waals surface area (Å²) >= 11 is 0. The number of nitrogens with one attached hydrogen (secondary N) is 4. The lowest BCUT2D eigenvalue weighted by molar-refractivity contribution is -0.146. The van der Waals surface area contributed by atoms with Gasteiger partial charge in [-0.25, -0.2) is 4.79 Å². The number of hydrogen-bond acceptors (Lipinski definition) is 10. The predicted octanol–water partition coefficient (Wildman–Crippen LogP) is 6.56. The summed E-state index contributed by atoms with van der Waals surface area (Å²) in [5, 5.41) is 21.4. The fourth-order valence-corrected chi connectivity index (χ4v) is 9.18. The van der Waals surface area contributed by atoms with Gasteiger partial charge >= 0.3 is 12.3 Å². The Labute approximate surface area is 377 Å². The van der Waals surface area contributed by atoms with E-state index < -0.39 is 48.4 Å². The number of aliphatic hydroxyl groups is 1. The highest BCUT2D eigenvalue weighted by Gasteiger charge is 2.42. The molecule has 3 saturated heterocycles. The predicted molar refractivity (Wildman–Crippen MR) is 237 cm³/mol. The molecule has 0 spiro atoms. The van der Waals surface area contributed by atoms with Gasteiger partial charge in [0.05, 0.1) is 30.8 Å². The molecule has 0 bridgehead atoms. The first-order chi connectivity index (χ1) is 30.9. The van der Waals surface area contributed by atoms with Crippen LogP contribution in [-0.4, -0.2) is 103 Å². The summed E-state index contributed by atoms with van der Waals surface area (Å²) in [5.74, 6) is -1.94. The summed E-state index contributed by atoms with van der Waals surface area (Å²) in [6, 6.07) is 15.7. The molecule has 65 heavy (non-hydrogen) atoms. The Morgan fingerprint density at radius 1 is 0.692 bits per heavy atom. The topological polar surface area (TPSA) is 182 Å². The van der Waals surface area contributed by atoms with Crippen LogP contribution in [0.1, 0.15) is 95.0 Å². The molecule has 3 heterocycles. The van der Waals surface area contributed by atoms with Gasteiger partial charge in [-0.1, -0.05) is 52.0 Å². The summed E-state index contributed by atoms with van der Waals surface area (Å²) in [4.78, 5) is 72.1. The van der Waals surface area contributed by atoms with Crippen molar-refractivity contribution in [2.24, 2.45) is 11.8 Å². The first kappa shape index (κ1) is 48.7. The van der Waals surface area contributed by atoms with Gasteiger partial charge in [-0.15, -0.1) is 0 Å². The van der Waals surface area contributed by atoms with E-state index in [1.807, 2.05) is 38.1 Å². The molecular weight excluding hydrogens is 848 g/mol. The first-order valence-electron chi connectivity index (χ1n) is 22.1. The second-order valence-electron chi connectivity index (χ2n) is 17.5. The number of likely N-dealkylation sites (tertiary alicyclic amines) is 2. The van der Waals surface area contributed by atoms with Gasteiger partial charge in [0, 0.05) is 37.3 Å². The van der Waals surface area contributed by atoms with Crippen LogP contribution in [0.3, 0.4) is 0 Å². The monoisotopic (exact) mass is 907 g/mol. The lowest BCUT2D eigenvalue weighted by Crippen LogP contribution is -2.55. The summed E-state index contributed by atoms with van der Waals surface area (Å²) in [5.41, 5.74) is 2.33. The van der Waals surface area contributed by atoms with Crippen molar-refractivity contribution in [3.63, 3.8) is 0 Å². The van der Waals surface area contributed by atoms with Gasteiger partial charge in [0.1, 0.15) is 18.1 Å². The molecule has 3 fully saturated rings. The number of carbonyl (C=O) groups excluding carboxylic acids is 5. The molecule has 15 nitrogen and oxygen atoms in total. The maximum Gasteiger partial charge on any atom is 0.416 e. The van der Waals surface area contributed by atoms with Crippen molar-refractivity contribution >= 4 is 46.8 Å². The SMILES string of the molecule is COC(=O)N[C@H](C(=O)N1CCC[C@H]1C(=O)Nc1cccc([C@H]2CC[C@H](c3cccc(NC(=O)[C@@H]4CCCN4C(=O)[C@@H](NC(O)OC)C(C)C)c3)N2c2ccc(C(F)(F)F)cc2)c1)C(C)C. The summed E-state index contributed by atoms with van der Waals surface area (Å²) < 4.78 is 50.9. The molecule has 352 valence electrons. The van der Waals surface area contributed by atoms with Gasteiger partial charge in [-0.05, 0) is 110 Å². The van der Waals surface area contributed by atoms with Crippen molar-refractivity contribution in [2.45, 2.75) is 115 Å². The normalized spacial score (nSPS) is 21.3. The zero-order chi connectivity index (χ0) is 47.2. The molecule has 0 aliphatic carbocycles. The Morgan fingerprint density at radius 3 is 1.60 bits per heavy atom. The molecule has 5 amide bonds. The molecule has 3 aromatic rings. The van der Waals surface area contributed by atoms with E-state index in [-0.39, 0.29) is 47.5 Å². The van der Waals surface area contributed by atoms with E-state index in [0.717, 1.165) is 23.3 Å². The number of carbonyl (C=O) groups is 5. The van der Waals surface area contributed by atoms with Gasteiger partial charge < -0.3 is 45.2 Å². The Kier molecular flexibility index (Phi) is 15.8. The zero-order valence-corrected chi connectivity index (χ0v) is 37.6. The number of halogens is 3. The smallest absolute Gasteiger partial charge is 0.416 e. The van der Waals surface area contributed by atoms with Crippen LogP contribution in [0, 0.1) is 11.8 Å². The summed E-state index contributed by atoms with van der Waals surface area (Å²) in [6.07, 6.45) is -3.36. The highest BCUT2D eigenvalue weighted by Crippen LogP contribution is 2.48. The highest BCUT2D eigenvalue weighted by molar-refractivity contribution is 5.99. The van der Waals surface area contributed by atoms with Crippen molar-refractivity contribution in [1.82, 2.24) is 20.4 Å². The van der Waals surface area contributed by atoms with Crippen molar-refractivity contribution in [3.8, 4) is 0 Å². The lowest BCUT2D eigenvalue weighted by Gasteiger charge is -2.34. The van der Waals surface area contributed by atoms with Gasteiger partial charge in [0.15, 0.2) is 0 Å². The van der Waals surface area contributed by atoms with E-state index >= 15 is 0 Å². The zero-order valence-electron chi connectivity index (χ0n) is 37.6. The van der Waals surface area contributed by atoms with Gasteiger partial charge in [-0.2, -0.15) is 13.2 Å². The van der Waals surface area contributed by atoms with E-state index in [0.29, 0.717) is 68.7 Å². The minimum atomic E-state index is -4.54. The van der Waals surface area contributed by atoms with Crippen LogP contribution in [0.15, 0.2) is 72.8 Å². The standard InChI is InChI=1S/C47H60F3N7O8/c1-27(2)39(53-45(62)64-5)43(60)55-23-9-15-37(55)41(58)51-32-13-7-11-29(25-32)35-21-22-36(57(35)34-19-17-31(18-20-34)47(48,49)50)30-12-8-14-33(26-30)52-42(59)38-16-10-24-56(38)44(61)40(28(3)4)54-46(63)65-6/h7-8,11-14,17-20,25-28,35-40,45,53,62H,9-10,15-16,21-24H2,1-6H3,(H,51,58)(H,52,59)(H,54,63)/t35-,36-,37+,38+,39+,40+,45?/m1/s1. The van der Waals surface area contributed by atoms with Crippen LogP contribution in [0.25, 0.3) is 0 Å². The minimum Gasteiger partial charge on any atom is -0.453 e. The molecule has 6 rings (SSSR count). The van der Waals surface area contributed by atoms with Crippen LogP contribution >= 0.6 is 0 Å². The quantitative estimate of drug-likeness (QED) is 0.105. The fourth-order valence-electron chi connectivity index (χ4n) is 9.18. The maximum atomic E-state index is 13.8. The molecule has 3 aromatic carbocycles. The third kappa shape index (κ3) is 11.4. The third-order valence-corrected chi connectivity index (χ3v) is 12.5. The number of hydrogen-bond donors (Lipinski definition) is 5. The Hall–Kier alpha value is -5.72.